The van der Waals surface area contributed by atoms with Gasteiger partial charge in [-0.25, -0.2) is 4.98 Å². The minimum Gasteiger partial charge on any atom is -0.398 e. The highest BCUT2D eigenvalue weighted by Gasteiger charge is 2.09. The number of nitrogens with two attached hydrogens (primary N) is 1. The fourth-order valence-corrected chi connectivity index (χ4v) is 2.40. The van der Waals surface area contributed by atoms with E-state index in [0.717, 1.165) is 27.5 Å². The molecule has 0 aliphatic carbocycles. The Kier molecular flexibility index (Phi) is 3.67. The van der Waals surface area contributed by atoms with Crippen LogP contribution in [0.25, 0.3) is 21.9 Å². The summed E-state index contributed by atoms with van der Waals surface area (Å²) in [6.45, 7) is -0.0793. The van der Waals surface area contributed by atoms with Gasteiger partial charge in [-0.3, -0.25) is 9.78 Å². The minimum atomic E-state index is -0.0793. The monoisotopic (exact) mass is 294 g/mol. The Bertz CT molecular complexity index is 849. The van der Waals surface area contributed by atoms with Crippen LogP contribution in [0.15, 0.2) is 42.9 Å². The molecule has 0 radical (unpaired) electrons. The maximum absolute atomic E-state index is 10.5. The summed E-state index contributed by atoms with van der Waals surface area (Å²) in [7, 11) is 0. The molecule has 3 rings (SSSR count). The number of benzene rings is 1. The lowest BCUT2D eigenvalue weighted by Gasteiger charge is -2.10. The minimum absolute atomic E-state index is 0.0793. The highest BCUT2D eigenvalue weighted by atomic mass is 16.3. The molecule has 6 heteroatoms. The largest absolute Gasteiger partial charge is 0.398 e. The van der Waals surface area contributed by atoms with Crippen molar-refractivity contribution < 1.29 is 9.90 Å². The number of aromatic nitrogens is 2. The smallest absolute Gasteiger partial charge is 0.212 e. The molecule has 1 amide bonds. The molecule has 0 aliphatic heterocycles. The second-order valence-electron chi connectivity index (χ2n) is 4.81. The Balaban J connectivity index is 2.20. The summed E-state index contributed by atoms with van der Waals surface area (Å²) in [5, 5.41) is 13.6. The van der Waals surface area contributed by atoms with Crippen molar-refractivity contribution in [3.05, 3.63) is 48.4 Å². The predicted octanol–water partition coefficient (Wildman–Crippen LogP) is 1.94. The Labute approximate surface area is 126 Å². The molecule has 0 saturated heterocycles. The molecule has 22 heavy (non-hydrogen) atoms. The number of carbonyl (C=O) groups is 1. The van der Waals surface area contributed by atoms with Gasteiger partial charge in [-0.1, -0.05) is 0 Å². The van der Waals surface area contributed by atoms with Gasteiger partial charge in [0.2, 0.25) is 6.41 Å². The summed E-state index contributed by atoms with van der Waals surface area (Å²) < 4.78 is 0. The first-order valence-electron chi connectivity index (χ1n) is 6.66. The van der Waals surface area contributed by atoms with E-state index in [1.54, 1.807) is 30.7 Å². The van der Waals surface area contributed by atoms with Gasteiger partial charge in [0.05, 0.1) is 6.61 Å². The topological polar surface area (TPSA) is 101 Å². The molecule has 3 aromatic rings. The lowest BCUT2D eigenvalue weighted by atomic mass is 9.98. The molecular weight excluding hydrogens is 280 g/mol. The number of hydrogen-bond donors (Lipinski definition) is 3. The number of amides is 1. The van der Waals surface area contributed by atoms with Crippen LogP contribution in [0.3, 0.4) is 0 Å². The molecule has 0 bridgehead atoms. The van der Waals surface area contributed by atoms with Gasteiger partial charge in [0.15, 0.2) is 0 Å². The molecule has 0 fully saturated rings. The lowest BCUT2D eigenvalue weighted by molar-refractivity contribution is -0.105. The van der Waals surface area contributed by atoms with Crippen molar-refractivity contribution in [1.29, 1.82) is 0 Å². The maximum atomic E-state index is 10.5. The number of nitrogen functional groups attached to an aromatic ring is 1. The third-order valence-electron chi connectivity index (χ3n) is 3.47. The third-order valence-corrected chi connectivity index (χ3v) is 3.47. The molecule has 110 valence electrons. The first kappa shape index (κ1) is 14.0. The number of carbonyl (C=O) groups excluding carboxylic acids is 1. The molecule has 6 nitrogen and oxygen atoms in total. The highest BCUT2D eigenvalue weighted by Crippen LogP contribution is 2.31. The molecule has 0 saturated carbocycles. The van der Waals surface area contributed by atoms with Crippen molar-refractivity contribution >= 4 is 28.7 Å². The van der Waals surface area contributed by atoms with Crippen LogP contribution in [-0.4, -0.2) is 21.5 Å². The number of aliphatic hydroxyl groups excluding tert-OH is 1. The van der Waals surface area contributed by atoms with E-state index in [1.165, 1.54) is 0 Å². The quantitative estimate of drug-likeness (QED) is 0.504. The van der Waals surface area contributed by atoms with Crippen LogP contribution in [0.1, 0.15) is 5.56 Å². The average Bonchev–Trinajstić information content (AvgIpc) is 2.54. The number of nitrogens with one attached hydrogen (secondary N) is 1. The molecule has 0 atom stereocenters. The summed E-state index contributed by atoms with van der Waals surface area (Å²) in [6.07, 6.45) is 5.52. The molecule has 1 aromatic carbocycles. The number of pyridine rings is 2. The van der Waals surface area contributed by atoms with Gasteiger partial charge in [0.25, 0.3) is 0 Å². The van der Waals surface area contributed by atoms with Crippen LogP contribution in [0.4, 0.5) is 11.5 Å². The Hall–Kier alpha value is -2.99. The average molecular weight is 294 g/mol. The number of aliphatic hydroxyl groups is 1. The zero-order valence-electron chi connectivity index (χ0n) is 11.7. The normalized spacial score (nSPS) is 10.6. The van der Waals surface area contributed by atoms with Crippen molar-refractivity contribution in [3.8, 4) is 11.1 Å². The molecular formula is C16H14N4O2. The van der Waals surface area contributed by atoms with Gasteiger partial charge in [-0.05, 0) is 40.8 Å². The highest BCUT2D eigenvalue weighted by molar-refractivity contribution is 5.98. The fraction of sp³-hybridized carbons (Fsp3) is 0.0625. The van der Waals surface area contributed by atoms with Crippen molar-refractivity contribution in [1.82, 2.24) is 9.97 Å². The first-order valence-corrected chi connectivity index (χ1v) is 6.66. The van der Waals surface area contributed by atoms with Crippen LogP contribution in [0.2, 0.25) is 0 Å². The Morgan fingerprint density at radius 3 is 2.91 bits per heavy atom. The maximum Gasteiger partial charge on any atom is 0.212 e. The van der Waals surface area contributed by atoms with E-state index >= 15 is 0 Å². The standard InChI is InChI=1S/C16H14N4O2/c17-15-4-11(13-6-18-2-1-10(13)8-21)3-12-5-16(20-9-22)19-7-14(12)15/h1-7,9,21H,8,17H2,(H,19,20,22). The summed E-state index contributed by atoms with van der Waals surface area (Å²) in [5.41, 5.74) is 9.12. The van der Waals surface area contributed by atoms with Crippen LogP contribution in [0, 0.1) is 0 Å². The second kappa shape index (κ2) is 5.79. The summed E-state index contributed by atoms with van der Waals surface area (Å²) >= 11 is 0. The van der Waals surface area contributed by atoms with E-state index < -0.39 is 0 Å². The van der Waals surface area contributed by atoms with E-state index in [4.69, 9.17) is 5.73 Å². The lowest BCUT2D eigenvalue weighted by Crippen LogP contribution is -1.98. The third kappa shape index (κ3) is 2.47. The fourth-order valence-electron chi connectivity index (χ4n) is 2.40. The van der Waals surface area contributed by atoms with E-state index in [9.17, 15) is 9.90 Å². The van der Waals surface area contributed by atoms with Gasteiger partial charge in [0.1, 0.15) is 5.82 Å². The van der Waals surface area contributed by atoms with Crippen LogP contribution < -0.4 is 11.1 Å². The molecule has 2 heterocycles. The van der Waals surface area contributed by atoms with Gasteiger partial charge < -0.3 is 16.2 Å². The Morgan fingerprint density at radius 2 is 2.14 bits per heavy atom. The number of hydrogen-bond acceptors (Lipinski definition) is 5. The zero-order chi connectivity index (χ0) is 15.5. The molecule has 0 unspecified atom stereocenters. The molecule has 0 aliphatic rings. The Morgan fingerprint density at radius 1 is 1.27 bits per heavy atom. The predicted molar refractivity (Wildman–Crippen MR) is 85.0 cm³/mol. The van der Waals surface area contributed by atoms with E-state index in [1.807, 2.05) is 12.1 Å². The molecule has 0 spiro atoms. The van der Waals surface area contributed by atoms with Gasteiger partial charge in [-0.15, -0.1) is 0 Å². The van der Waals surface area contributed by atoms with E-state index in [0.29, 0.717) is 17.9 Å². The van der Waals surface area contributed by atoms with Crippen molar-refractivity contribution in [3.63, 3.8) is 0 Å². The SMILES string of the molecule is Nc1cc(-c2cnccc2CO)cc2cc(NC=O)ncc12. The van der Waals surface area contributed by atoms with Gasteiger partial charge >= 0.3 is 0 Å². The van der Waals surface area contributed by atoms with Crippen molar-refractivity contribution in [2.45, 2.75) is 6.61 Å². The summed E-state index contributed by atoms with van der Waals surface area (Å²) in [4.78, 5) is 18.8. The van der Waals surface area contributed by atoms with Crippen molar-refractivity contribution in [2.75, 3.05) is 11.1 Å². The number of rotatable bonds is 4. The van der Waals surface area contributed by atoms with Crippen LogP contribution in [0.5, 0.6) is 0 Å². The summed E-state index contributed by atoms with van der Waals surface area (Å²) in [6, 6.07) is 7.27. The number of anilines is 2. The van der Waals surface area contributed by atoms with Gasteiger partial charge in [-0.2, -0.15) is 0 Å². The summed E-state index contributed by atoms with van der Waals surface area (Å²) in [5.74, 6) is 0.451. The van der Waals surface area contributed by atoms with Crippen molar-refractivity contribution in [2.24, 2.45) is 0 Å². The molecule has 4 N–H and O–H groups in total. The van der Waals surface area contributed by atoms with Gasteiger partial charge in [0, 0.05) is 35.2 Å². The van der Waals surface area contributed by atoms with Crippen LogP contribution >= 0.6 is 0 Å². The number of nitrogens with zero attached hydrogens (tertiary/aromatic N) is 2. The first-order chi connectivity index (χ1) is 10.7. The second-order valence-corrected chi connectivity index (χ2v) is 4.81. The van der Waals surface area contributed by atoms with E-state index in [2.05, 4.69) is 15.3 Å². The molecule has 2 aromatic heterocycles. The zero-order valence-corrected chi connectivity index (χ0v) is 11.7. The van der Waals surface area contributed by atoms with Crippen LogP contribution in [-0.2, 0) is 11.4 Å². The van der Waals surface area contributed by atoms with E-state index in [-0.39, 0.29) is 6.61 Å². The number of fused-ring (bicyclic) bond motifs is 1.